The first-order chi connectivity index (χ1) is 10.3. The van der Waals surface area contributed by atoms with Crippen molar-refractivity contribution >= 4 is 22.0 Å². The van der Waals surface area contributed by atoms with Gasteiger partial charge in [0, 0.05) is 0 Å². The Hall–Kier alpha value is -1.93. The molecule has 0 fully saturated rings. The Bertz CT molecular complexity index is 605. The van der Waals surface area contributed by atoms with Crippen LogP contribution in [0.3, 0.4) is 0 Å². The molecule has 22 heavy (non-hydrogen) atoms. The minimum atomic E-state index is -4.05. The van der Waals surface area contributed by atoms with Gasteiger partial charge in [-0.15, -0.1) is 0 Å². The second-order valence-electron chi connectivity index (χ2n) is 4.37. The number of aryl methyl sites for hydroxylation is 1. The summed E-state index contributed by atoms with van der Waals surface area (Å²) in [5.41, 5.74) is 0.881. The number of ether oxygens (including phenoxy) is 2. The van der Waals surface area contributed by atoms with E-state index in [4.69, 9.17) is 9.47 Å². The zero-order chi connectivity index (χ0) is 16.8. The fraction of sp³-hybridized carbons (Fsp3) is 0.429. The highest BCUT2D eigenvalue weighted by Crippen LogP contribution is 2.11. The zero-order valence-electron chi connectivity index (χ0n) is 12.7. The monoisotopic (exact) mass is 329 g/mol. The molecule has 0 atom stereocenters. The van der Waals surface area contributed by atoms with E-state index in [-0.39, 0.29) is 18.1 Å². The summed E-state index contributed by atoms with van der Waals surface area (Å²) in [6.07, 6.45) is 0. The van der Waals surface area contributed by atoms with Gasteiger partial charge in [0.15, 0.2) is 0 Å². The average molecular weight is 329 g/mol. The SMILES string of the molecule is CCOC(=O)C(NS(=O)(=O)c1ccc(C)cc1)C(=O)OCC. The number of carbonyl (C=O) groups is 2. The maximum absolute atomic E-state index is 12.2. The molecule has 0 radical (unpaired) electrons. The van der Waals surface area contributed by atoms with E-state index in [0.29, 0.717) is 0 Å². The van der Waals surface area contributed by atoms with Gasteiger partial charge < -0.3 is 9.47 Å². The van der Waals surface area contributed by atoms with E-state index in [2.05, 4.69) is 0 Å². The molecule has 0 amide bonds. The molecule has 1 N–H and O–H groups in total. The minimum absolute atomic E-state index is 0.0149. The second kappa shape index (κ2) is 7.90. The number of sulfonamides is 1. The lowest BCUT2D eigenvalue weighted by Gasteiger charge is -2.16. The Balaban J connectivity index is 3.03. The van der Waals surface area contributed by atoms with Gasteiger partial charge in [-0.05, 0) is 32.9 Å². The number of carbonyl (C=O) groups excluding carboxylic acids is 2. The van der Waals surface area contributed by atoms with Gasteiger partial charge in [-0.25, -0.2) is 18.0 Å². The van der Waals surface area contributed by atoms with Crippen LogP contribution >= 0.6 is 0 Å². The molecule has 1 aromatic carbocycles. The van der Waals surface area contributed by atoms with Crippen LogP contribution in [0.15, 0.2) is 29.2 Å². The Morgan fingerprint density at radius 2 is 1.50 bits per heavy atom. The zero-order valence-corrected chi connectivity index (χ0v) is 13.5. The molecule has 0 aliphatic rings. The lowest BCUT2D eigenvalue weighted by molar-refractivity contribution is -0.157. The van der Waals surface area contributed by atoms with Crippen LogP contribution in [0.25, 0.3) is 0 Å². The Morgan fingerprint density at radius 1 is 1.05 bits per heavy atom. The molecular formula is C14H19NO6S. The lowest BCUT2D eigenvalue weighted by atomic mass is 10.2. The first-order valence-electron chi connectivity index (χ1n) is 6.74. The van der Waals surface area contributed by atoms with Gasteiger partial charge in [0.2, 0.25) is 16.1 Å². The summed E-state index contributed by atoms with van der Waals surface area (Å²) in [6, 6.07) is 4.25. The lowest BCUT2D eigenvalue weighted by Crippen LogP contribution is -2.48. The highest BCUT2D eigenvalue weighted by atomic mass is 32.2. The van der Waals surface area contributed by atoms with Gasteiger partial charge in [0.05, 0.1) is 18.1 Å². The predicted octanol–water partition coefficient (Wildman–Crippen LogP) is 0.768. The third kappa shape index (κ3) is 4.81. The summed E-state index contributed by atoms with van der Waals surface area (Å²) >= 11 is 0. The molecule has 0 aromatic heterocycles. The van der Waals surface area contributed by atoms with Gasteiger partial charge in [0.1, 0.15) is 0 Å². The van der Waals surface area contributed by atoms with Crippen molar-refractivity contribution in [3.63, 3.8) is 0 Å². The highest BCUT2D eigenvalue weighted by molar-refractivity contribution is 7.89. The van der Waals surface area contributed by atoms with Crippen LogP contribution in [-0.2, 0) is 29.1 Å². The molecule has 0 aliphatic carbocycles. The second-order valence-corrected chi connectivity index (χ2v) is 6.09. The van der Waals surface area contributed by atoms with Gasteiger partial charge in [-0.2, -0.15) is 4.72 Å². The van der Waals surface area contributed by atoms with E-state index in [1.165, 1.54) is 12.1 Å². The normalized spacial score (nSPS) is 11.3. The number of nitrogens with one attached hydrogen (secondary N) is 1. The molecule has 0 spiro atoms. The molecule has 122 valence electrons. The van der Waals surface area contributed by atoms with Crippen molar-refractivity contribution < 1.29 is 27.5 Å². The van der Waals surface area contributed by atoms with Crippen LogP contribution in [0.5, 0.6) is 0 Å². The van der Waals surface area contributed by atoms with Crippen molar-refractivity contribution in [2.45, 2.75) is 31.7 Å². The van der Waals surface area contributed by atoms with E-state index in [1.54, 1.807) is 26.0 Å². The number of benzene rings is 1. The average Bonchev–Trinajstić information content (AvgIpc) is 2.45. The standard InChI is InChI=1S/C14H19NO6S/c1-4-20-13(16)12(14(17)21-5-2)15-22(18,19)11-8-6-10(3)7-9-11/h6-9,12,15H,4-5H2,1-3H3. The Kier molecular flexibility index (Phi) is 6.51. The van der Waals surface area contributed by atoms with Crippen LogP contribution in [0, 0.1) is 6.92 Å². The van der Waals surface area contributed by atoms with Crippen molar-refractivity contribution in [1.29, 1.82) is 0 Å². The molecule has 0 heterocycles. The van der Waals surface area contributed by atoms with E-state index in [9.17, 15) is 18.0 Å². The third-order valence-electron chi connectivity index (χ3n) is 2.65. The van der Waals surface area contributed by atoms with Crippen molar-refractivity contribution in [2.75, 3.05) is 13.2 Å². The highest BCUT2D eigenvalue weighted by Gasteiger charge is 2.34. The topological polar surface area (TPSA) is 98.8 Å². The number of hydrogen-bond acceptors (Lipinski definition) is 6. The first kappa shape index (κ1) is 18.1. The molecule has 0 saturated heterocycles. The summed E-state index contributed by atoms with van der Waals surface area (Å²) in [7, 11) is -4.05. The molecule has 0 aliphatic heterocycles. The number of hydrogen-bond donors (Lipinski definition) is 1. The minimum Gasteiger partial charge on any atom is -0.464 e. The smallest absolute Gasteiger partial charge is 0.335 e. The third-order valence-corrected chi connectivity index (χ3v) is 4.09. The fourth-order valence-corrected chi connectivity index (χ4v) is 2.72. The molecule has 0 saturated carbocycles. The van der Waals surface area contributed by atoms with Crippen LogP contribution in [0.2, 0.25) is 0 Å². The van der Waals surface area contributed by atoms with Crippen molar-refractivity contribution in [3.8, 4) is 0 Å². The van der Waals surface area contributed by atoms with Crippen molar-refractivity contribution in [3.05, 3.63) is 29.8 Å². The van der Waals surface area contributed by atoms with Crippen LogP contribution < -0.4 is 4.72 Å². The molecule has 1 aromatic rings. The van der Waals surface area contributed by atoms with E-state index in [0.717, 1.165) is 5.56 Å². The van der Waals surface area contributed by atoms with Gasteiger partial charge in [-0.1, -0.05) is 17.7 Å². The van der Waals surface area contributed by atoms with Crippen LogP contribution in [0.4, 0.5) is 0 Å². The van der Waals surface area contributed by atoms with E-state index >= 15 is 0 Å². The maximum atomic E-state index is 12.2. The molecule has 7 nitrogen and oxygen atoms in total. The van der Waals surface area contributed by atoms with Crippen molar-refractivity contribution in [1.82, 2.24) is 4.72 Å². The summed E-state index contributed by atoms with van der Waals surface area (Å²) in [6.45, 7) is 4.94. The van der Waals surface area contributed by atoms with Crippen LogP contribution in [0.1, 0.15) is 19.4 Å². The van der Waals surface area contributed by atoms with E-state index in [1.807, 2.05) is 11.6 Å². The summed E-state index contributed by atoms with van der Waals surface area (Å²) < 4.78 is 35.9. The summed E-state index contributed by atoms with van der Waals surface area (Å²) in [5.74, 6) is -2.01. The fourth-order valence-electron chi connectivity index (χ4n) is 1.58. The van der Waals surface area contributed by atoms with Crippen molar-refractivity contribution in [2.24, 2.45) is 0 Å². The maximum Gasteiger partial charge on any atom is 0.335 e. The van der Waals surface area contributed by atoms with Gasteiger partial charge >= 0.3 is 11.9 Å². The van der Waals surface area contributed by atoms with E-state index < -0.39 is 28.0 Å². The quantitative estimate of drug-likeness (QED) is 0.586. The molecule has 0 bridgehead atoms. The Labute approximate surface area is 129 Å². The molecule has 1 rings (SSSR count). The number of rotatable bonds is 7. The summed E-state index contributed by atoms with van der Waals surface area (Å²) in [4.78, 5) is 23.5. The predicted molar refractivity (Wildman–Crippen MR) is 78.6 cm³/mol. The number of esters is 2. The van der Waals surface area contributed by atoms with Gasteiger partial charge in [-0.3, -0.25) is 0 Å². The van der Waals surface area contributed by atoms with Gasteiger partial charge in [0.25, 0.3) is 0 Å². The first-order valence-corrected chi connectivity index (χ1v) is 8.22. The molecular weight excluding hydrogens is 310 g/mol. The largest absolute Gasteiger partial charge is 0.464 e. The molecule has 8 heteroatoms. The Morgan fingerprint density at radius 3 is 1.91 bits per heavy atom. The summed E-state index contributed by atoms with van der Waals surface area (Å²) in [5, 5.41) is 0. The van der Waals surface area contributed by atoms with Crippen LogP contribution in [-0.4, -0.2) is 39.6 Å². The molecule has 0 unspecified atom stereocenters.